The zero-order valence-electron chi connectivity index (χ0n) is 13.2. The average Bonchev–Trinajstić information content (AvgIpc) is 3.11. The van der Waals surface area contributed by atoms with Crippen LogP contribution in [0.4, 0.5) is 10.2 Å². The van der Waals surface area contributed by atoms with Crippen molar-refractivity contribution in [3.05, 3.63) is 35.1 Å². The van der Waals surface area contributed by atoms with Gasteiger partial charge < -0.3 is 10.2 Å². The SMILES string of the molecule is Cn1cnn(CC(=O)NC[C@@H]2C[C@H](F)CN2c2cccnn2)c1=O. The van der Waals surface area contributed by atoms with Crippen molar-refractivity contribution < 1.29 is 9.18 Å². The van der Waals surface area contributed by atoms with Gasteiger partial charge in [-0.05, 0) is 12.1 Å². The molecule has 9 nitrogen and oxygen atoms in total. The van der Waals surface area contributed by atoms with Crippen LogP contribution >= 0.6 is 0 Å². The minimum Gasteiger partial charge on any atom is -0.352 e. The maximum atomic E-state index is 13.8. The van der Waals surface area contributed by atoms with Crippen molar-refractivity contribution in [3.8, 4) is 0 Å². The summed E-state index contributed by atoms with van der Waals surface area (Å²) in [5.74, 6) is 0.232. The molecular formula is C14H18FN7O2. The topological polar surface area (TPSA) is 97.9 Å². The number of anilines is 1. The van der Waals surface area contributed by atoms with Gasteiger partial charge in [0.15, 0.2) is 5.82 Å². The Hall–Kier alpha value is -2.78. The van der Waals surface area contributed by atoms with Crippen LogP contribution in [-0.2, 0) is 18.4 Å². The summed E-state index contributed by atoms with van der Waals surface area (Å²) >= 11 is 0. The summed E-state index contributed by atoms with van der Waals surface area (Å²) in [5, 5.41) is 14.3. The van der Waals surface area contributed by atoms with Gasteiger partial charge in [-0.1, -0.05) is 0 Å². The molecule has 0 aromatic carbocycles. The first-order valence-electron chi connectivity index (χ1n) is 7.58. The lowest BCUT2D eigenvalue weighted by atomic mass is 10.2. The monoisotopic (exact) mass is 335 g/mol. The van der Waals surface area contributed by atoms with Crippen molar-refractivity contribution >= 4 is 11.7 Å². The van der Waals surface area contributed by atoms with Gasteiger partial charge in [0.05, 0.1) is 12.6 Å². The van der Waals surface area contributed by atoms with Crippen molar-refractivity contribution in [2.45, 2.75) is 25.2 Å². The van der Waals surface area contributed by atoms with Crippen LogP contribution in [-0.4, -0.2) is 55.8 Å². The lowest BCUT2D eigenvalue weighted by molar-refractivity contribution is -0.121. The molecule has 128 valence electrons. The van der Waals surface area contributed by atoms with Crippen molar-refractivity contribution in [2.75, 3.05) is 18.0 Å². The number of rotatable bonds is 5. The predicted molar refractivity (Wildman–Crippen MR) is 83.2 cm³/mol. The maximum Gasteiger partial charge on any atom is 0.345 e. The Balaban J connectivity index is 1.59. The second kappa shape index (κ2) is 6.77. The Bertz CT molecular complexity index is 760. The molecule has 2 aromatic heterocycles. The molecule has 24 heavy (non-hydrogen) atoms. The summed E-state index contributed by atoms with van der Waals surface area (Å²) in [4.78, 5) is 25.4. The molecular weight excluding hydrogens is 317 g/mol. The van der Waals surface area contributed by atoms with Crippen LogP contribution in [0, 0.1) is 0 Å². The summed E-state index contributed by atoms with van der Waals surface area (Å²) in [5.41, 5.74) is -0.365. The molecule has 1 saturated heterocycles. The van der Waals surface area contributed by atoms with Gasteiger partial charge in [-0.25, -0.2) is 13.9 Å². The predicted octanol–water partition coefficient (Wildman–Crippen LogP) is -0.895. The average molecular weight is 335 g/mol. The number of hydrogen-bond donors (Lipinski definition) is 1. The fourth-order valence-electron chi connectivity index (χ4n) is 2.73. The summed E-state index contributed by atoms with van der Waals surface area (Å²) in [7, 11) is 1.56. The number of alkyl halides is 1. The minimum absolute atomic E-state index is 0.170. The molecule has 1 fully saturated rings. The van der Waals surface area contributed by atoms with E-state index in [9.17, 15) is 14.0 Å². The van der Waals surface area contributed by atoms with E-state index in [1.807, 2.05) is 0 Å². The van der Waals surface area contributed by atoms with E-state index in [4.69, 9.17) is 0 Å². The summed E-state index contributed by atoms with van der Waals surface area (Å²) in [6.07, 6.45) is 2.22. The largest absolute Gasteiger partial charge is 0.352 e. The number of amides is 1. The van der Waals surface area contributed by atoms with Crippen molar-refractivity contribution in [2.24, 2.45) is 7.05 Å². The van der Waals surface area contributed by atoms with E-state index in [1.165, 1.54) is 10.9 Å². The normalized spacial score (nSPS) is 20.3. The first kappa shape index (κ1) is 16.1. The number of carbonyl (C=O) groups is 1. The van der Waals surface area contributed by atoms with E-state index in [0.717, 1.165) is 4.68 Å². The van der Waals surface area contributed by atoms with Crippen LogP contribution in [0.15, 0.2) is 29.5 Å². The number of nitrogens with zero attached hydrogens (tertiary/aromatic N) is 6. The molecule has 0 aliphatic carbocycles. The van der Waals surface area contributed by atoms with E-state index < -0.39 is 6.17 Å². The molecule has 2 aromatic rings. The van der Waals surface area contributed by atoms with Crippen LogP contribution in [0.3, 0.4) is 0 Å². The third-order valence-corrected chi connectivity index (χ3v) is 3.93. The van der Waals surface area contributed by atoms with Crippen LogP contribution < -0.4 is 15.9 Å². The van der Waals surface area contributed by atoms with Crippen molar-refractivity contribution in [1.82, 2.24) is 29.9 Å². The zero-order valence-corrected chi connectivity index (χ0v) is 13.2. The smallest absolute Gasteiger partial charge is 0.345 e. The second-order valence-corrected chi connectivity index (χ2v) is 5.71. The van der Waals surface area contributed by atoms with Gasteiger partial charge >= 0.3 is 5.69 Å². The molecule has 1 amide bonds. The fourth-order valence-corrected chi connectivity index (χ4v) is 2.73. The lowest BCUT2D eigenvalue weighted by Gasteiger charge is -2.24. The molecule has 0 saturated carbocycles. The molecule has 0 bridgehead atoms. The molecule has 0 radical (unpaired) electrons. The van der Waals surface area contributed by atoms with Crippen LogP contribution in [0.1, 0.15) is 6.42 Å². The standard InChI is InChI=1S/C14H18FN7O2/c1-20-9-18-22(14(20)24)8-13(23)16-6-11-5-10(15)7-21(11)12-3-2-4-17-19-12/h2-4,9-11H,5-8H2,1H3,(H,16,23)/t10-,11-/m0/s1. The number of aromatic nitrogens is 5. The fraction of sp³-hybridized carbons (Fsp3) is 0.500. The lowest BCUT2D eigenvalue weighted by Crippen LogP contribution is -2.42. The third kappa shape index (κ3) is 3.42. The molecule has 2 atom stereocenters. The molecule has 1 aliphatic rings. The highest BCUT2D eigenvalue weighted by atomic mass is 19.1. The Morgan fingerprint density at radius 3 is 3.00 bits per heavy atom. The molecule has 10 heteroatoms. The first-order valence-corrected chi connectivity index (χ1v) is 7.58. The number of carbonyl (C=O) groups excluding carboxylic acids is 1. The van der Waals surface area contributed by atoms with E-state index in [-0.39, 0.29) is 37.3 Å². The molecule has 1 aliphatic heterocycles. The molecule has 3 heterocycles. The highest BCUT2D eigenvalue weighted by molar-refractivity contribution is 5.75. The van der Waals surface area contributed by atoms with Gasteiger partial charge in [0, 0.05) is 26.2 Å². The van der Waals surface area contributed by atoms with Gasteiger partial charge in [-0.3, -0.25) is 9.36 Å². The van der Waals surface area contributed by atoms with Gasteiger partial charge in [0.2, 0.25) is 5.91 Å². The Kier molecular flexibility index (Phi) is 4.54. The van der Waals surface area contributed by atoms with E-state index in [1.54, 1.807) is 30.3 Å². The van der Waals surface area contributed by atoms with Crippen LogP contribution in [0.25, 0.3) is 0 Å². The molecule has 0 spiro atoms. The quantitative estimate of drug-likeness (QED) is 0.761. The van der Waals surface area contributed by atoms with Crippen molar-refractivity contribution in [1.29, 1.82) is 0 Å². The van der Waals surface area contributed by atoms with E-state index in [0.29, 0.717) is 12.2 Å². The van der Waals surface area contributed by atoms with Gasteiger partial charge in [0.25, 0.3) is 0 Å². The van der Waals surface area contributed by atoms with E-state index in [2.05, 4.69) is 20.6 Å². The summed E-state index contributed by atoms with van der Waals surface area (Å²) in [6, 6.07) is 3.28. The summed E-state index contributed by atoms with van der Waals surface area (Å²) in [6.45, 7) is 0.312. The second-order valence-electron chi connectivity index (χ2n) is 5.71. The maximum absolute atomic E-state index is 13.8. The van der Waals surface area contributed by atoms with E-state index >= 15 is 0 Å². The Morgan fingerprint density at radius 2 is 2.33 bits per heavy atom. The third-order valence-electron chi connectivity index (χ3n) is 3.93. The summed E-state index contributed by atoms with van der Waals surface area (Å²) < 4.78 is 16.1. The molecule has 0 unspecified atom stereocenters. The zero-order chi connectivity index (χ0) is 17.1. The highest BCUT2D eigenvalue weighted by Crippen LogP contribution is 2.24. The van der Waals surface area contributed by atoms with Crippen LogP contribution in [0.2, 0.25) is 0 Å². The number of aryl methyl sites for hydroxylation is 1. The molecule has 1 N–H and O–H groups in total. The number of halogens is 1. The number of nitrogens with one attached hydrogen (secondary N) is 1. The van der Waals surface area contributed by atoms with Gasteiger partial charge in [-0.2, -0.15) is 10.2 Å². The Morgan fingerprint density at radius 1 is 1.50 bits per heavy atom. The Labute approximate surface area is 137 Å². The minimum atomic E-state index is -0.979. The number of hydrogen-bond acceptors (Lipinski definition) is 6. The van der Waals surface area contributed by atoms with Crippen LogP contribution in [0.5, 0.6) is 0 Å². The van der Waals surface area contributed by atoms with Gasteiger partial charge in [0.1, 0.15) is 19.0 Å². The highest BCUT2D eigenvalue weighted by Gasteiger charge is 2.33. The van der Waals surface area contributed by atoms with Crippen molar-refractivity contribution in [3.63, 3.8) is 0 Å². The van der Waals surface area contributed by atoms with Gasteiger partial charge in [-0.15, -0.1) is 5.10 Å². The first-order chi connectivity index (χ1) is 11.5. The molecule has 3 rings (SSSR count).